The Bertz CT molecular complexity index is 495. The van der Waals surface area contributed by atoms with Gasteiger partial charge in [0.15, 0.2) is 0 Å². The minimum absolute atomic E-state index is 0.00189. The minimum atomic E-state index is -3.03. The third-order valence-electron chi connectivity index (χ3n) is 1.78. The van der Waals surface area contributed by atoms with Crippen LogP contribution in [0.4, 0.5) is 5.95 Å². The van der Waals surface area contributed by atoms with Crippen molar-refractivity contribution in [3.63, 3.8) is 0 Å². The van der Waals surface area contributed by atoms with Crippen LogP contribution in [0.1, 0.15) is 13.3 Å². The summed E-state index contributed by atoms with van der Waals surface area (Å²) in [4.78, 5) is 11.6. The Balaban J connectivity index is 2.62. The first-order chi connectivity index (χ1) is 8.40. The molecule has 0 spiro atoms. The highest BCUT2D eigenvalue weighted by Gasteiger charge is 2.07. The summed E-state index contributed by atoms with van der Waals surface area (Å²) in [5.41, 5.74) is 0. The van der Waals surface area contributed by atoms with Crippen molar-refractivity contribution in [3.05, 3.63) is 5.28 Å². The lowest BCUT2D eigenvalue weighted by atomic mass is 10.5. The van der Waals surface area contributed by atoms with Gasteiger partial charge in [-0.15, -0.1) is 0 Å². The molecule has 102 valence electrons. The van der Waals surface area contributed by atoms with Gasteiger partial charge in [0.05, 0.1) is 12.4 Å². The van der Waals surface area contributed by atoms with E-state index < -0.39 is 9.84 Å². The number of anilines is 1. The van der Waals surface area contributed by atoms with Crippen LogP contribution in [-0.4, -0.2) is 48.5 Å². The van der Waals surface area contributed by atoms with Crippen molar-refractivity contribution in [1.29, 1.82) is 0 Å². The number of ether oxygens (including phenoxy) is 1. The SMILES string of the molecule is CCCOc1nc(Cl)nc(NCCS(C)(=O)=O)n1. The zero-order chi connectivity index (χ0) is 13.6. The largest absolute Gasteiger partial charge is 0.463 e. The van der Waals surface area contributed by atoms with E-state index in [1.54, 1.807) is 0 Å². The van der Waals surface area contributed by atoms with Gasteiger partial charge < -0.3 is 10.1 Å². The number of nitrogens with one attached hydrogen (secondary N) is 1. The van der Waals surface area contributed by atoms with Crippen LogP contribution in [0.3, 0.4) is 0 Å². The van der Waals surface area contributed by atoms with Crippen LogP contribution in [0.15, 0.2) is 0 Å². The molecule has 1 aromatic rings. The van der Waals surface area contributed by atoms with Gasteiger partial charge >= 0.3 is 6.01 Å². The maximum atomic E-state index is 11.0. The van der Waals surface area contributed by atoms with Crippen molar-refractivity contribution in [2.24, 2.45) is 0 Å². The third kappa shape index (κ3) is 5.97. The normalized spacial score (nSPS) is 11.3. The Morgan fingerprint density at radius 2 is 2.06 bits per heavy atom. The van der Waals surface area contributed by atoms with Gasteiger partial charge in [0.1, 0.15) is 9.84 Å². The number of nitrogens with zero attached hydrogens (tertiary/aromatic N) is 3. The molecule has 0 amide bonds. The summed E-state index contributed by atoms with van der Waals surface area (Å²) < 4.78 is 27.1. The summed E-state index contributed by atoms with van der Waals surface area (Å²) in [7, 11) is -3.03. The lowest BCUT2D eigenvalue weighted by molar-refractivity contribution is 0.291. The van der Waals surface area contributed by atoms with Crippen molar-refractivity contribution >= 4 is 27.4 Å². The summed E-state index contributed by atoms with van der Waals surface area (Å²) in [5, 5.41) is 2.75. The van der Waals surface area contributed by atoms with E-state index in [0.717, 1.165) is 12.7 Å². The quantitative estimate of drug-likeness (QED) is 0.793. The fourth-order valence-corrected chi connectivity index (χ4v) is 1.64. The average Bonchev–Trinajstić information content (AvgIpc) is 2.24. The molecule has 0 saturated heterocycles. The molecule has 1 aromatic heterocycles. The average molecular weight is 295 g/mol. The van der Waals surface area contributed by atoms with Crippen LogP contribution in [0.2, 0.25) is 5.28 Å². The third-order valence-corrected chi connectivity index (χ3v) is 2.89. The molecule has 0 fully saturated rings. The van der Waals surface area contributed by atoms with Gasteiger partial charge in [0, 0.05) is 12.8 Å². The minimum Gasteiger partial charge on any atom is -0.463 e. The highest BCUT2D eigenvalue weighted by Crippen LogP contribution is 2.11. The number of hydrogen-bond acceptors (Lipinski definition) is 7. The summed E-state index contributed by atoms with van der Waals surface area (Å²) in [6, 6.07) is 0.124. The topological polar surface area (TPSA) is 94.1 Å². The standard InChI is InChI=1S/C9H15ClN4O3S/c1-3-5-17-9-13-7(10)12-8(14-9)11-4-6-18(2,15)16/h3-6H2,1-2H3,(H,11,12,13,14). The second-order valence-electron chi connectivity index (χ2n) is 3.62. The summed E-state index contributed by atoms with van der Waals surface area (Å²) in [6.45, 7) is 2.63. The molecule has 0 aliphatic carbocycles. The van der Waals surface area contributed by atoms with Crippen LogP contribution in [0, 0.1) is 0 Å². The predicted octanol–water partition coefficient (Wildman–Crippen LogP) is 0.770. The van der Waals surface area contributed by atoms with E-state index in [0.29, 0.717) is 6.61 Å². The molecular formula is C9H15ClN4O3S. The Morgan fingerprint density at radius 3 is 2.67 bits per heavy atom. The number of aromatic nitrogens is 3. The molecule has 1 N–H and O–H groups in total. The molecule has 0 aliphatic heterocycles. The molecule has 0 unspecified atom stereocenters. The van der Waals surface area contributed by atoms with Crippen molar-refractivity contribution < 1.29 is 13.2 Å². The molecule has 0 bridgehead atoms. The molecular weight excluding hydrogens is 280 g/mol. The monoisotopic (exact) mass is 294 g/mol. The van der Waals surface area contributed by atoms with E-state index in [1.807, 2.05) is 6.92 Å². The first-order valence-electron chi connectivity index (χ1n) is 5.36. The van der Waals surface area contributed by atoms with E-state index in [2.05, 4.69) is 20.3 Å². The maximum absolute atomic E-state index is 11.0. The molecule has 1 rings (SSSR count). The summed E-state index contributed by atoms with van der Waals surface area (Å²) in [5.74, 6) is 0.186. The number of hydrogen-bond donors (Lipinski definition) is 1. The van der Waals surface area contributed by atoms with Crippen LogP contribution < -0.4 is 10.1 Å². The number of sulfone groups is 1. The zero-order valence-electron chi connectivity index (χ0n) is 10.2. The smallest absolute Gasteiger partial charge is 0.322 e. The van der Waals surface area contributed by atoms with E-state index in [9.17, 15) is 8.42 Å². The first kappa shape index (κ1) is 14.9. The second-order valence-corrected chi connectivity index (χ2v) is 6.21. The Kier molecular flexibility index (Phi) is 5.54. The highest BCUT2D eigenvalue weighted by atomic mass is 35.5. The van der Waals surface area contributed by atoms with Gasteiger partial charge in [0.25, 0.3) is 0 Å². The molecule has 0 aromatic carbocycles. The van der Waals surface area contributed by atoms with Gasteiger partial charge in [0.2, 0.25) is 11.2 Å². The molecule has 0 atom stereocenters. The lowest BCUT2D eigenvalue weighted by Crippen LogP contribution is -2.16. The Hall–Kier alpha value is -1.15. The lowest BCUT2D eigenvalue weighted by Gasteiger charge is -2.06. The van der Waals surface area contributed by atoms with Gasteiger partial charge in [-0.25, -0.2) is 8.42 Å². The van der Waals surface area contributed by atoms with Crippen molar-refractivity contribution in [2.45, 2.75) is 13.3 Å². The van der Waals surface area contributed by atoms with E-state index in [1.165, 1.54) is 0 Å². The Morgan fingerprint density at radius 1 is 1.33 bits per heavy atom. The van der Waals surface area contributed by atoms with Crippen molar-refractivity contribution in [2.75, 3.05) is 30.5 Å². The first-order valence-corrected chi connectivity index (χ1v) is 7.80. The van der Waals surface area contributed by atoms with Crippen LogP contribution in [-0.2, 0) is 9.84 Å². The fraction of sp³-hybridized carbons (Fsp3) is 0.667. The van der Waals surface area contributed by atoms with E-state index in [-0.39, 0.29) is 29.5 Å². The highest BCUT2D eigenvalue weighted by molar-refractivity contribution is 7.90. The molecule has 0 radical (unpaired) electrons. The molecule has 0 aliphatic rings. The van der Waals surface area contributed by atoms with Gasteiger partial charge in [-0.3, -0.25) is 0 Å². The molecule has 18 heavy (non-hydrogen) atoms. The van der Waals surface area contributed by atoms with Gasteiger partial charge in [-0.05, 0) is 18.0 Å². The van der Waals surface area contributed by atoms with Crippen LogP contribution in [0.25, 0.3) is 0 Å². The summed E-state index contributed by atoms with van der Waals surface area (Å²) in [6.07, 6.45) is 1.98. The van der Waals surface area contributed by atoms with Crippen molar-refractivity contribution in [1.82, 2.24) is 15.0 Å². The molecule has 0 saturated carbocycles. The van der Waals surface area contributed by atoms with Crippen molar-refractivity contribution in [3.8, 4) is 6.01 Å². The van der Waals surface area contributed by atoms with E-state index >= 15 is 0 Å². The second kappa shape index (κ2) is 6.69. The summed E-state index contributed by atoms with van der Waals surface area (Å²) >= 11 is 5.70. The Labute approximate surface area is 111 Å². The van der Waals surface area contributed by atoms with Gasteiger partial charge in [-0.2, -0.15) is 15.0 Å². The van der Waals surface area contributed by atoms with Gasteiger partial charge in [-0.1, -0.05) is 6.92 Å². The maximum Gasteiger partial charge on any atom is 0.322 e. The zero-order valence-corrected chi connectivity index (χ0v) is 11.8. The predicted molar refractivity (Wildman–Crippen MR) is 68.8 cm³/mol. The molecule has 7 nitrogen and oxygen atoms in total. The van der Waals surface area contributed by atoms with Crippen LogP contribution in [0.5, 0.6) is 6.01 Å². The van der Waals surface area contributed by atoms with Crippen LogP contribution >= 0.6 is 11.6 Å². The number of halogens is 1. The number of rotatable bonds is 7. The van der Waals surface area contributed by atoms with E-state index in [4.69, 9.17) is 16.3 Å². The fourth-order valence-electron chi connectivity index (χ4n) is 1.02. The molecule has 1 heterocycles. The molecule has 9 heteroatoms.